The quantitative estimate of drug-likeness (QED) is 0.790. The fourth-order valence-electron chi connectivity index (χ4n) is 1.14. The molecule has 3 N–H and O–H groups in total. The second kappa shape index (κ2) is 4.01. The van der Waals surface area contributed by atoms with Crippen molar-refractivity contribution in [1.29, 1.82) is 0 Å². The fraction of sp³-hybridized carbons (Fsp3) is 0.100. The van der Waals surface area contributed by atoms with Crippen LogP contribution in [0.25, 0.3) is 0 Å². The van der Waals surface area contributed by atoms with E-state index in [1.807, 2.05) is 0 Å². The Morgan fingerprint density at radius 2 is 2.38 bits per heavy atom. The van der Waals surface area contributed by atoms with E-state index >= 15 is 0 Å². The van der Waals surface area contributed by atoms with Gasteiger partial charge in [-0.15, -0.1) is 0 Å². The zero-order valence-electron chi connectivity index (χ0n) is 8.60. The number of anilines is 2. The highest BCUT2D eigenvalue weighted by molar-refractivity contribution is 6.02. The van der Waals surface area contributed by atoms with Crippen molar-refractivity contribution in [2.24, 2.45) is 0 Å². The van der Waals surface area contributed by atoms with Crippen molar-refractivity contribution >= 4 is 17.6 Å². The predicted octanol–water partition coefficient (Wildman–Crippen LogP) is 1.21. The van der Waals surface area contributed by atoms with Crippen LogP contribution in [0.1, 0.15) is 16.2 Å². The Hall–Kier alpha value is -2.37. The number of oxazole rings is 1. The summed E-state index contributed by atoms with van der Waals surface area (Å²) in [6, 6.07) is 3.23. The van der Waals surface area contributed by atoms with Gasteiger partial charge in [0.1, 0.15) is 12.0 Å². The van der Waals surface area contributed by atoms with Gasteiger partial charge in [0.05, 0.1) is 5.69 Å². The van der Waals surface area contributed by atoms with Crippen LogP contribution < -0.4 is 11.1 Å². The number of pyridine rings is 1. The van der Waals surface area contributed by atoms with Crippen LogP contribution in [-0.2, 0) is 0 Å². The molecular weight excluding hydrogens is 208 g/mol. The maximum Gasteiger partial charge on any atom is 0.301 e. The molecule has 0 saturated carbocycles. The summed E-state index contributed by atoms with van der Waals surface area (Å²) in [5, 5.41) is 2.47. The third kappa shape index (κ3) is 2.17. The lowest BCUT2D eigenvalue weighted by Crippen LogP contribution is -2.14. The molecule has 2 rings (SSSR count). The smallest absolute Gasteiger partial charge is 0.301 e. The third-order valence-electron chi connectivity index (χ3n) is 1.86. The number of hydrogen-bond acceptors (Lipinski definition) is 5. The van der Waals surface area contributed by atoms with E-state index in [4.69, 9.17) is 10.2 Å². The summed E-state index contributed by atoms with van der Waals surface area (Å²) < 4.78 is 4.98. The topological polar surface area (TPSA) is 94.0 Å². The summed E-state index contributed by atoms with van der Waals surface area (Å²) >= 11 is 0. The van der Waals surface area contributed by atoms with Gasteiger partial charge in [-0.1, -0.05) is 0 Å². The third-order valence-corrected chi connectivity index (χ3v) is 1.86. The fourth-order valence-corrected chi connectivity index (χ4v) is 1.14. The molecule has 1 amide bonds. The minimum Gasteiger partial charge on any atom is -0.432 e. The molecule has 0 aromatic carbocycles. The number of nitrogen functional groups attached to an aromatic ring is 1. The lowest BCUT2D eigenvalue weighted by Gasteiger charge is -2.00. The summed E-state index contributed by atoms with van der Waals surface area (Å²) in [4.78, 5) is 19.5. The molecule has 2 aromatic rings. The van der Waals surface area contributed by atoms with E-state index in [2.05, 4.69) is 15.3 Å². The van der Waals surface area contributed by atoms with Gasteiger partial charge in [0.25, 0.3) is 5.91 Å². The first-order valence-electron chi connectivity index (χ1n) is 4.60. The first-order valence-corrected chi connectivity index (χ1v) is 4.60. The van der Waals surface area contributed by atoms with E-state index in [9.17, 15) is 4.79 Å². The van der Waals surface area contributed by atoms with Crippen LogP contribution in [-0.4, -0.2) is 15.9 Å². The number of carbonyl (C=O) groups excluding carboxylic acids is 1. The van der Waals surface area contributed by atoms with Gasteiger partial charge >= 0.3 is 6.01 Å². The van der Waals surface area contributed by atoms with Crippen molar-refractivity contribution in [2.45, 2.75) is 6.92 Å². The molecule has 0 radical (unpaired) electrons. The molecule has 82 valence electrons. The van der Waals surface area contributed by atoms with Crippen LogP contribution in [0.2, 0.25) is 0 Å². The Bertz CT molecular complexity index is 521. The molecule has 0 aliphatic heterocycles. The molecule has 0 saturated heterocycles. The molecule has 0 aliphatic rings. The average molecular weight is 218 g/mol. The Morgan fingerprint density at radius 1 is 1.56 bits per heavy atom. The van der Waals surface area contributed by atoms with Crippen LogP contribution in [0.15, 0.2) is 29.0 Å². The zero-order chi connectivity index (χ0) is 11.5. The van der Waals surface area contributed by atoms with Gasteiger partial charge in [-0.25, -0.2) is 0 Å². The summed E-state index contributed by atoms with van der Waals surface area (Å²) in [6.07, 6.45) is 2.91. The number of nitrogens with two attached hydrogens (primary N) is 1. The van der Waals surface area contributed by atoms with Crippen molar-refractivity contribution in [2.75, 3.05) is 11.1 Å². The molecule has 0 fully saturated rings. The minimum atomic E-state index is -0.408. The first-order chi connectivity index (χ1) is 7.65. The van der Waals surface area contributed by atoms with Crippen molar-refractivity contribution in [3.8, 4) is 0 Å². The molecule has 0 unspecified atom stereocenters. The highest BCUT2D eigenvalue weighted by Gasteiger charge is 2.10. The lowest BCUT2D eigenvalue weighted by atomic mass is 10.3. The number of nitrogens with one attached hydrogen (secondary N) is 1. The maximum absolute atomic E-state index is 11.6. The zero-order valence-corrected chi connectivity index (χ0v) is 8.60. The molecule has 6 heteroatoms. The van der Waals surface area contributed by atoms with E-state index in [0.717, 1.165) is 0 Å². The molecule has 0 atom stereocenters. The minimum absolute atomic E-state index is 0.145. The van der Waals surface area contributed by atoms with E-state index < -0.39 is 5.91 Å². The van der Waals surface area contributed by atoms with Gasteiger partial charge in [-0.05, 0) is 19.1 Å². The van der Waals surface area contributed by atoms with Gasteiger partial charge < -0.3 is 10.2 Å². The van der Waals surface area contributed by atoms with Crippen molar-refractivity contribution < 1.29 is 9.21 Å². The number of aryl methyl sites for hydroxylation is 1. The molecule has 16 heavy (non-hydrogen) atoms. The number of aromatic nitrogens is 2. The highest BCUT2D eigenvalue weighted by atomic mass is 16.4. The lowest BCUT2D eigenvalue weighted by molar-refractivity contribution is 0.101. The normalized spacial score (nSPS) is 10.1. The van der Waals surface area contributed by atoms with Gasteiger partial charge in [0.15, 0.2) is 0 Å². The molecular formula is C10H10N4O2. The number of rotatable bonds is 2. The summed E-state index contributed by atoms with van der Waals surface area (Å²) in [6.45, 7) is 1.76. The molecule has 2 aromatic heterocycles. The summed E-state index contributed by atoms with van der Waals surface area (Å²) in [7, 11) is 0. The number of amides is 1. The summed E-state index contributed by atoms with van der Waals surface area (Å²) in [5.74, 6) is -0.408. The van der Waals surface area contributed by atoms with Crippen LogP contribution in [0.3, 0.4) is 0 Å². The molecule has 0 aliphatic carbocycles. The van der Waals surface area contributed by atoms with Crippen molar-refractivity contribution in [1.82, 2.24) is 9.97 Å². The second-order valence-electron chi connectivity index (χ2n) is 3.22. The van der Waals surface area contributed by atoms with Gasteiger partial charge in [-0.2, -0.15) is 4.98 Å². The van der Waals surface area contributed by atoms with Crippen molar-refractivity contribution in [3.63, 3.8) is 0 Å². The number of nitrogens with zero attached hydrogens (tertiary/aromatic N) is 2. The van der Waals surface area contributed by atoms with Gasteiger partial charge in [0, 0.05) is 11.9 Å². The molecule has 0 bridgehead atoms. The first kappa shape index (κ1) is 10.2. The van der Waals surface area contributed by atoms with Crippen LogP contribution >= 0.6 is 0 Å². The predicted molar refractivity (Wildman–Crippen MR) is 57.8 cm³/mol. The second-order valence-corrected chi connectivity index (χ2v) is 3.22. The Labute approximate surface area is 91.5 Å². The molecule has 2 heterocycles. The van der Waals surface area contributed by atoms with Crippen LogP contribution in [0.4, 0.5) is 11.7 Å². The Morgan fingerprint density at radius 3 is 3.00 bits per heavy atom. The largest absolute Gasteiger partial charge is 0.432 e. The van der Waals surface area contributed by atoms with E-state index in [0.29, 0.717) is 11.4 Å². The van der Waals surface area contributed by atoms with E-state index in [-0.39, 0.29) is 11.7 Å². The van der Waals surface area contributed by atoms with Crippen LogP contribution in [0, 0.1) is 6.92 Å². The van der Waals surface area contributed by atoms with Gasteiger partial charge in [0.2, 0.25) is 0 Å². The summed E-state index contributed by atoms with van der Waals surface area (Å²) in [5.41, 5.74) is 6.92. The van der Waals surface area contributed by atoms with Crippen molar-refractivity contribution in [3.05, 3.63) is 36.0 Å². The Balaban J connectivity index is 2.14. The molecule has 0 spiro atoms. The standard InChI is InChI=1S/C10H10N4O2/c1-6-5-16-10(13-6)14-9(15)8-4-7(11)2-3-12-8/h2-5H,1H3,(H2,11,12)(H,13,14,15). The SMILES string of the molecule is Cc1coc(NC(=O)c2cc(N)ccn2)n1. The van der Waals surface area contributed by atoms with E-state index in [1.165, 1.54) is 18.5 Å². The van der Waals surface area contributed by atoms with Gasteiger partial charge in [-0.3, -0.25) is 15.1 Å². The molecule has 6 nitrogen and oxygen atoms in total. The number of hydrogen-bond donors (Lipinski definition) is 2. The monoisotopic (exact) mass is 218 g/mol. The Kier molecular flexibility index (Phi) is 2.55. The number of carbonyl (C=O) groups is 1. The highest BCUT2D eigenvalue weighted by Crippen LogP contribution is 2.09. The average Bonchev–Trinajstić information content (AvgIpc) is 2.64. The maximum atomic E-state index is 11.6. The van der Waals surface area contributed by atoms with E-state index in [1.54, 1.807) is 13.0 Å². The van der Waals surface area contributed by atoms with Crippen LogP contribution in [0.5, 0.6) is 0 Å².